The second-order valence-corrected chi connectivity index (χ2v) is 6.32. The Morgan fingerprint density at radius 3 is 3.05 bits per heavy atom. The lowest BCUT2D eigenvalue weighted by Crippen LogP contribution is -2.51. The molecule has 116 valence electrons. The zero-order valence-corrected chi connectivity index (χ0v) is 13.0. The predicted molar refractivity (Wildman–Crippen MR) is 83.7 cm³/mol. The SMILES string of the molecule is COC1CCN(CC2Cc3cc(C)ccc3O2)C(CN)C1. The second-order valence-electron chi connectivity index (χ2n) is 6.32. The van der Waals surface area contributed by atoms with E-state index in [4.69, 9.17) is 15.2 Å². The number of ether oxygens (including phenoxy) is 2. The van der Waals surface area contributed by atoms with Crippen LogP contribution in [0.15, 0.2) is 18.2 Å². The van der Waals surface area contributed by atoms with Crippen LogP contribution in [-0.4, -0.2) is 49.9 Å². The van der Waals surface area contributed by atoms with Gasteiger partial charge in [-0.15, -0.1) is 0 Å². The molecule has 21 heavy (non-hydrogen) atoms. The fourth-order valence-electron chi connectivity index (χ4n) is 3.58. The molecule has 1 aromatic carbocycles. The minimum atomic E-state index is 0.259. The Kier molecular flexibility index (Phi) is 4.48. The number of hydrogen-bond acceptors (Lipinski definition) is 4. The van der Waals surface area contributed by atoms with Crippen molar-refractivity contribution in [1.82, 2.24) is 4.90 Å². The molecule has 3 atom stereocenters. The first-order valence-electron chi connectivity index (χ1n) is 7.92. The summed E-state index contributed by atoms with van der Waals surface area (Å²) < 4.78 is 11.6. The molecular weight excluding hydrogens is 264 g/mol. The third-order valence-electron chi connectivity index (χ3n) is 4.79. The molecule has 2 aliphatic rings. The number of methoxy groups -OCH3 is 1. The Balaban J connectivity index is 1.60. The number of nitrogens with two attached hydrogens (primary N) is 1. The molecule has 0 aromatic heterocycles. The van der Waals surface area contributed by atoms with Crippen LogP contribution in [0.2, 0.25) is 0 Å². The third kappa shape index (κ3) is 3.23. The van der Waals surface area contributed by atoms with Crippen LogP contribution in [0.3, 0.4) is 0 Å². The minimum absolute atomic E-state index is 0.259. The van der Waals surface area contributed by atoms with Gasteiger partial charge in [0, 0.05) is 39.2 Å². The normalized spacial score (nSPS) is 29.2. The van der Waals surface area contributed by atoms with Crippen molar-refractivity contribution in [3.8, 4) is 5.75 Å². The van der Waals surface area contributed by atoms with Crippen molar-refractivity contribution >= 4 is 0 Å². The van der Waals surface area contributed by atoms with Crippen LogP contribution in [0, 0.1) is 6.92 Å². The Labute approximate surface area is 127 Å². The smallest absolute Gasteiger partial charge is 0.123 e. The van der Waals surface area contributed by atoms with E-state index in [1.807, 2.05) is 0 Å². The van der Waals surface area contributed by atoms with Crippen molar-refractivity contribution in [1.29, 1.82) is 0 Å². The van der Waals surface area contributed by atoms with E-state index in [1.165, 1.54) is 11.1 Å². The average Bonchev–Trinajstić information content (AvgIpc) is 2.89. The summed E-state index contributed by atoms with van der Waals surface area (Å²) in [6, 6.07) is 6.88. The second kappa shape index (κ2) is 6.34. The molecule has 2 heterocycles. The van der Waals surface area contributed by atoms with Crippen LogP contribution >= 0.6 is 0 Å². The zero-order chi connectivity index (χ0) is 14.8. The molecule has 0 saturated carbocycles. The molecule has 0 bridgehead atoms. The molecule has 0 amide bonds. The molecule has 3 unspecified atom stereocenters. The average molecular weight is 290 g/mol. The van der Waals surface area contributed by atoms with Crippen molar-refractivity contribution in [3.05, 3.63) is 29.3 Å². The van der Waals surface area contributed by atoms with Crippen molar-refractivity contribution in [2.75, 3.05) is 26.7 Å². The molecule has 0 spiro atoms. The van der Waals surface area contributed by atoms with Crippen LogP contribution in [0.25, 0.3) is 0 Å². The molecule has 1 aromatic rings. The van der Waals surface area contributed by atoms with Gasteiger partial charge in [0.15, 0.2) is 0 Å². The van der Waals surface area contributed by atoms with Crippen molar-refractivity contribution < 1.29 is 9.47 Å². The number of likely N-dealkylation sites (tertiary alicyclic amines) is 1. The van der Waals surface area contributed by atoms with E-state index in [9.17, 15) is 0 Å². The van der Waals surface area contributed by atoms with Crippen LogP contribution < -0.4 is 10.5 Å². The van der Waals surface area contributed by atoms with E-state index in [0.29, 0.717) is 18.7 Å². The summed E-state index contributed by atoms with van der Waals surface area (Å²) in [7, 11) is 1.80. The first-order chi connectivity index (χ1) is 10.2. The predicted octanol–water partition coefficient (Wildman–Crippen LogP) is 1.74. The maximum Gasteiger partial charge on any atom is 0.123 e. The maximum absolute atomic E-state index is 6.10. The molecule has 0 radical (unpaired) electrons. The van der Waals surface area contributed by atoms with Gasteiger partial charge < -0.3 is 15.2 Å². The number of nitrogens with zero attached hydrogens (tertiary/aromatic N) is 1. The Morgan fingerprint density at radius 2 is 2.29 bits per heavy atom. The molecule has 0 aliphatic carbocycles. The van der Waals surface area contributed by atoms with Gasteiger partial charge in [-0.25, -0.2) is 0 Å². The first kappa shape index (κ1) is 14.8. The summed E-state index contributed by atoms with van der Waals surface area (Å²) in [6.07, 6.45) is 3.75. The molecule has 3 rings (SSSR count). The monoisotopic (exact) mass is 290 g/mol. The molecule has 4 nitrogen and oxygen atoms in total. The number of hydrogen-bond donors (Lipinski definition) is 1. The standard InChI is InChI=1S/C17H26N2O2/c1-12-3-4-17-13(7-12)8-16(21-17)11-19-6-5-15(20-2)9-14(19)10-18/h3-4,7,14-16H,5-6,8-11,18H2,1-2H3. The fourth-order valence-corrected chi connectivity index (χ4v) is 3.58. The van der Waals surface area contributed by atoms with Gasteiger partial charge in [0.05, 0.1) is 6.10 Å². The van der Waals surface area contributed by atoms with E-state index in [2.05, 4.69) is 30.0 Å². The third-order valence-corrected chi connectivity index (χ3v) is 4.79. The highest BCUT2D eigenvalue weighted by molar-refractivity contribution is 5.40. The van der Waals surface area contributed by atoms with Gasteiger partial charge in [0.2, 0.25) is 0 Å². The van der Waals surface area contributed by atoms with E-state index < -0.39 is 0 Å². The first-order valence-corrected chi connectivity index (χ1v) is 7.92. The summed E-state index contributed by atoms with van der Waals surface area (Å²) in [5.74, 6) is 1.06. The quantitative estimate of drug-likeness (QED) is 0.917. The van der Waals surface area contributed by atoms with E-state index in [1.54, 1.807) is 7.11 Å². The van der Waals surface area contributed by atoms with Gasteiger partial charge in [-0.05, 0) is 31.4 Å². The lowest BCUT2D eigenvalue weighted by atomic mass is 9.98. The summed E-state index contributed by atoms with van der Waals surface area (Å²) in [6.45, 7) is 4.84. The van der Waals surface area contributed by atoms with Crippen molar-refractivity contribution in [2.24, 2.45) is 5.73 Å². The van der Waals surface area contributed by atoms with Gasteiger partial charge in [-0.2, -0.15) is 0 Å². The molecule has 4 heteroatoms. The minimum Gasteiger partial charge on any atom is -0.488 e. The largest absolute Gasteiger partial charge is 0.488 e. The maximum atomic E-state index is 6.10. The van der Waals surface area contributed by atoms with Crippen LogP contribution in [0.4, 0.5) is 0 Å². The zero-order valence-electron chi connectivity index (χ0n) is 13.0. The van der Waals surface area contributed by atoms with Crippen LogP contribution in [0.5, 0.6) is 5.75 Å². The number of rotatable bonds is 4. The van der Waals surface area contributed by atoms with Crippen molar-refractivity contribution in [3.63, 3.8) is 0 Å². The van der Waals surface area contributed by atoms with Gasteiger partial charge in [0.25, 0.3) is 0 Å². The number of fused-ring (bicyclic) bond motifs is 1. The van der Waals surface area contributed by atoms with E-state index in [-0.39, 0.29) is 6.10 Å². The number of piperidine rings is 1. The molecule has 2 aliphatic heterocycles. The fraction of sp³-hybridized carbons (Fsp3) is 0.647. The topological polar surface area (TPSA) is 47.7 Å². The summed E-state index contributed by atoms with van der Waals surface area (Å²) in [4.78, 5) is 2.49. The summed E-state index contributed by atoms with van der Waals surface area (Å²) in [5.41, 5.74) is 8.60. The Hall–Kier alpha value is -1.10. The molecule has 1 fully saturated rings. The summed E-state index contributed by atoms with van der Waals surface area (Å²) >= 11 is 0. The van der Waals surface area contributed by atoms with E-state index >= 15 is 0 Å². The Bertz CT molecular complexity index is 492. The number of benzene rings is 1. The molecular formula is C17H26N2O2. The highest BCUT2D eigenvalue weighted by Gasteiger charge is 2.31. The Morgan fingerprint density at radius 1 is 1.43 bits per heavy atom. The van der Waals surface area contributed by atoms with Crippen LogP contribution in [-0.2, 0) is 11.2 Å². The molecule has 2 N–H and O–H groups in total. The van der Waals surface area contributed by atoms with Gasteiger partial charge in [-0.1, -0.05) is 17.7 Å². The van der Waals surface area contributed by atoms with Crippen molar-refractivity contribution in [2.45, 2.75) is 44.4 Å². The van der Waals surface area contributed by atoms with Crippen LogP contribution in [0.1, 0.15) is 24.0 Å². The highest BCUT2D eigenvalue weighted by Crippen LogP contribution is 2.30. The van der Waals surface area contributed by atoms with Gasteiger partial charge >= 0.3 is 0 Å². The lowest BCUT2D eigenvalue weighted by Gasteiger charge is -2.39. The van der Waals surface area contributed by atoms with E-state index in [0.717, 1.165) is 38.1 Å². The number of aryl methyl sites for hydroxylation is 1. The highest BCUT2D eigenvalue weighted by atomic mass is 16.5. The molecule has 1 saturated heterocycles. The van der Waals surface area contributed by atoms with Gasteiger partial charge in [-0.3, -0.25) is 4.90 Å². The van der Waals surface area contributed by atoms with Gasteiger partial charge in [0.1, 0.15) is 11.9 Å². The summed E-state index contributed by atoms with van der Waals surface area (Å²) in [5, 5.41) is 0. The lowest BCUT2D eigenvalue weighted by molar-refractivity contribution is 0.00163.